The van der Waals surface area contributed by atoms with Gasteiger partial charge in [-0.2, -0.15) is 0 Å². The molecule has 0 aliphatic heterocycles. The summed E-state index contributed by atoms with van der Waals surface area (Å²) in [6, 6.07) is 6.98. The molecule has 3 nitrogen and oxygen atoms in total. The van der Waals surface area contributed by atoms with Gasteiger partial charge in [0.25, 0.3) is 0 Å². The van der Waals surface area contributed by atoms with E-state index in [-0.39, 0.29) is 0 Å². The summed E-state index contributed by atoms with van der Waals surface area (Å²) in [5, 5.41) is 3.24. The second kappa shape index (κ2) is 8.56. The molecule has 1 rings (SSSR count). The van der Waals surface area contributed by atoms with E-state index in [1.165, 1.54) is 11.3 Å². The molecular formula is C15H25BrN2O. The summed E-state index contributed by atoms with van der Waals surface area (Å²) < 4.78 is 6.37. The third-order valence-electron chi connectivity index (χ3n) is 3.38. The van der Waals surface area contributed by atoms with Crippen molar-refractivity contribution in [3.63, 3.8) is 0 Å². The van der Waals surface area contributed by atoms with Crippen molar-refractivity contribution in [1.82, 2.24) is 5.32 Å². The first-order valence-corrected chi connectivity index (χ1v) is 7.61. The van der Waals surface area contributed by atoms with Gasteiger partial charge in [-0.15, -0.1) is 0 Å². The van der Waals surface area contributed by atoms with Gasteiger partial charge in [-0.3, -0.25) is 0 Å². The first-order chi connectivity index (χ1) is 9.13. The number of benzene rings is 1. The standard InChI is InChI=1S/C15H25BrN2O/c1-5-12(2)18(8-9-19-4)15-10-14(16)7-6-13(15)11-17-3/h6-7,10,12,17H,5,8-9,11H2,1-4H3. The number of ether oxygens (including phenoxy) is 1. The van der Waals surface area contributed by atoms with E-state index < -0.39 is 0 Å². The van der Waals surface area contributed by atoms with Crippen LogP contribution in [0, 0.1) is 0 Å². The molecule has 1 aromatic carbocycles. The number of hydrogen-bond acceptors (Lipinski definition) is 3. The smallest absolute Gasteiger partial charge is 0.0637 e. The summed E-state index contributed by atoms with van der Waals surface area (Å²) >= 11 is 3.58. The van der Waals surface area contributed by atoms with E-state index >= 15 is 0 Å². The Balaban J connectivity index is 3.07. The van der Waals surface area contributed by atoms with Crippen molar-refractivity contribution in [2.75, 3.05) is 32.2 Å². The minimum Gasteiger partial charge on any atom is -0.383 e. The van der Waals surface area contributed by atoms with Crippen LogP contribution in [0.4, 0.5) is 5.69 Å². The molecular weight excluding hydrogens is 304 g/mol. The lowest BCUT2D eigenvalue weighted by Crippen LogP contribution is -2.36. The number of nitrogens with zero attached hydrogens (tertiary/aromatic N) is 1. The zero-order valence-electron chi connectivity index (χ0n) is 12.4. The molecule has 1 N–H and O–H groups in total. The molecule has 19 heavy (non-hydrogen) atoms. The lowest BCUT2D eigenvalue weighted by atomic mass is 10.1. The quantitative estimate of drug-likeness (QED) is 0.791. The molecule has 0 heterocycles. The fourth-order valence-corrected chi connectivity index (χ4v) is 2.48. The molecule has 0 saturated heterocycles. The van der Waals surface area contributed by atoms with Crippen LogP contribution in [0.3, 0.4) is 0 Å². The number of anilines is 1. The molecule has 0 aliphatic rings. The SMILES string of the molecule is CCC(C)N(CCOC)c1cc(Br)ccc1CNC. The van der Waals surface area contributed by atoms with E-state index in [0.717, 1.165) is 30.6 Å². The van der Waals surface area contributed by atoms with Crippen molar-refractivity contribution in [1.29, 1.82) is 0 Å². The van der Waals surface area contributed by atoms with Crippen molar-refractivity contribution in [3.8, 4) is 0 Å². The number of nitrogens with one attached hydrogen (secondary N) is 1. The van der Waals surface area contributed by atoms with Crippen LogP contribution in [-0.4, -0.2) is 33.4 Å². The molecule has 0 radical (unpaired) electrons. The van der Waals surface area contributed by atoms with Gasteiger partial charge in [0, 0.05) is 36.4 Å². The average molecular weight is 329 g/mol. The Bertz CT molecular complexity index is 384. The van der Waals surface area contributed by atoms with Gasteiger partial charge in [-0.25, -0.2) is 0 Å². The van der Waals surface area contributed by atoms with Gasteiger partial charge in [0.05, 0.1) is 6.61 Å². The van der Waals surface area contributed by atoms with Crippen LogP contribution in [0.2, 0.25) is 0 Å². The number of halogens is 1. The lowest BCUT2D eigenvalue weighted by Gasteiger charge is -2.32. The number of rotatable bonds is 8. The average Bonchev–Trinajstić information content (AvgIpc) is 2.41. The number of methoxy groups -OCH3 is 1. The summed E-state index contributed by atoms with van der Waals surface area (Å²) in [7, 11) is 3.73. The molecule has 0 saturated carbocycles. The first-order valence-electron chi connectivity index (χ1n) is 6.82. The van der Waals surface area contributed by atoms with Crippen LogP contribution in [0.5, 0.6) is 0 Å². The maximum Gasteiger partial charge on any atom is 0.0637 e. The molecule has 0 fully saturated rings. The Kier molecular flexibility index (Phi) is 7.42. The predicted molar refractivity (Wildman–Crippen MR) is 85.9 cm³/mol. The predicted octanol–water partition coefficient (Wildman–Crippen LogP) is 3.42. The third-order valence-corrected chi connectivity index (χ3v) is 3.88. The highest BCUT2D eigenvalue weighted by atomic mass is 79.9. The van der Waals surface area contributed by atoms with Crippen molar-refractivity contribution in [2.45, 2.75) is 32.9 Å². The summed E-state index contributed by atoms with van der Waals surface area (Å²) in [5.74, 6) is 0. The summed E-state index contributed by atoms with van der Waals surface area (Å²) in [4.78, 5) is 2.43. The van der Waals surface area contributed by atoms with Crippen LogP contribution < -0.4 is 10.2 Å². The highest BCUT2D eigenvalue weighted by Gasteiger charge is 2.16. The van der Waals surface area contributed by atoms with E-state index in [2.05, 4.69) is 58.2 Å². The van der Waals surface area contributed by atoms with Gasteiger partial charge in [0.15, 0.2) is 0 Å². The molecule has 0 bridgehead atoms. The van der Waals surface area contributed by atoms with E-state index in [1.54, 1.807) is 7.11 Å². The Labute approximate surface area is 125 Å². The Morgan fingerprint density at radius 3 is 2.74 bits per heavy atom. The van der Waals surface area contributed by atoms with Gasteiger partial charge in [-0.1, -0.05) is 28.9 Å². The summed E-state index contributed by atoms with van der Waals surface area (Å²) in [5.41, 5.74) is 2.61. The largest absolute Gasteiger partial charge is 0.383 e. The Hall–Kier alpha value is -0.580. The molecule has 108 valence electrons. The van der Waals surface area contributed by atoms with E-state index in [0.29, 0.717) is 6.04 Å². The third kappa shape index (κ3) is 4.79. The molecule has 0 aromatic heterocycles. The normalized spacial score (nSPS) is 12.5. The van der Waals surface area contributed by atoms with Crippen LogP contribution >= 0.6 is 15.9 Å². The number of hydrogen-bond donors (Lipinski definition) is 1. The molecule has 4 heteroatoms. The monoisotopic (exact) mass is 328 g/mol. The van der Waals surface area contributed by atoms with Crippen LogP contribution in [0.15, 0.2) is 22.7 Å². The highest BCUT2D eigenvalue weighted by Crippen LogP contribution is 2.27. The molecule has 1 unspecified atom stereocenters. The maximum atomic E-state index is 5.25. The fourth-order valence-electron chi connectivity index (χ4n) is 2.13. The molecule has 0 spiro atoms. The van der Waals surface area contributed by atoms with Crippen LogP contribution in [0.25, 0.3) is 0 Å². The van der Waals surface area contributed by atoms with E-state index in [4.69, 9.17) is 4.74 Å². The Morgan fingerprint density at radius 1 is 1.42 bits per heavy atom. The minimum absolute atomic E-state index is 0.500. The van der Waals surface area contributed by atoms with Crippen molar-refractivity contribution in [3.05, 3.63) is 28.2 Å². The van der Waals surface area contributed by atoms with Gasteiger partial charge in [-0.05, 0) is 38.1 Å². The van der Waals surface area contributed by atoms with Crippen molar-refractivity contribution >= 4 is 21.6 Å². The summed E-state index contributed by atoms with van der Waals surface area (Å²) in [6.07, 6.45) is 1.12. The molecule has 0 aliphatic carbocycles. The molecule has 1 atom stereocenters. The highest BCUT2D eigenvalue weighted by molar-refractivity contribution is 9.10. The maximum absolute atomic E-state index is 5.25. The zero-order valence-corrected chi connectivity index (χ0v) is 14.0. The van der Waals surface area contributed by atoms with Gasteiger partial charge in [0.2, 0.25) is 0 Å². The van der Waals surface area contributed by atoms with Gasteiger partial charge in [0.1, 0.15) is 0 Å². The Morgan fingerprint density at radius 2 is 2.16 bits per heavy atom. The van der Waals surface area contributed by atoms with Crippen molar-refractivity contribution < 1.29 is 4.74 Å². The second-order valence-corrected chi connectivity index (χ2v) is 5.66. The lowest BCUT2D eigenvalue weighted by molar-refractivity contribution is 0.203. The zero-order chi connectivity index (χ0) is 14.3. The van der Waals surface area contributed by atoms with Crippen molar-refractivity contribution in [2.24, 2.45) is 0 Å². The van der Waals surface area contributed by atoms with E-state index in [9.17, 15) is 0 Å². The first kappa shape index (κ1) is 16.5. The summed E-state index contributed by atoms with van der Waals surface area (Å²) in [6.45, 7) is 7.02. The molecule has 1 aromatic rings. The van der Waals surface area contributed by atoms with E-state index in [1.807, 2.05) is 7.05 Å². The van der Waals surface area contributed by atoms with Gasteiger partial charge >= 0.3 is 0 Å². The van der Waals surface area contributed by atoms with Crippen LogP contribution in [-0.2, 0) is 11.3 Å². The minimum atomic E-state index is 0.500. The second-order valence-electron chi connectivity index (χ2n) is 4.75. The van der Waals surface area contributed by atoms with Crippen LogP contribution in [0.1, 0.15) is 25.8 Å². The molecule has 0 amide bonds. The fraction of sp³-hybridized carbons (Fsp3) is 0.600. The topological polar surface area (TPSA) is 24.5 Å². The van der Waals surface area contributed by atoms with Gasteiger partial charge < -0.3 is 15.0 Å².